The van der Waals surface area contributed by atoms with Crippen molar-refractivity contribution < 1.29 is 8.83 Å². The van der Waals surface area contributed by atoms with E-state index in [-0.39, 0.29) is 0 Å². The summed E-state index contributed by atoms with van der Waals surface area (Å²) in [4.78, 5) is 4.99. The Kier molecular flexibility index (Phi) is 4.02. The van der Waals surface area contributed by atoms with E-state index in [0.29, 0.717) is 0 Å². The molecule has 9 rings (SSSR count). The highest BCUT2D eigenvalue weighted by molar-refractivity contribution is 6.27. The Morgan fingerprint density at radius 2 is 1.23 bits per heavy atom. The van der Waals surface area contributed by atoms with Crippen molar-refractivity contribution in [3.05, 3.63) is 121 Å². The summed E-state index contributed by atoms with van der Waals surface area (Å²) in [5.74, 6) is 0.869. The molecule has 4 nitrogen and oxygen atoms in total. The van der Waals surface area contributed by atoms with Gasteiger partial charge in [0, 0.05) is 49.6 Å². The third kappa shape index (κ3) is 2.80. The Morgan fingerprint density at radius 3 is 2.08 bits per heavy atom. The predicted octanol–water partition coefficient (Wildman–Crippen LogP) is 9.64. The Morgan fingerprint density at radius 1 is 0.487 bits per heavy atom. The molecule has 0 aliphatic carbocycles. The van der Waals surface area contributed by atoms with Gasteiger partial charge in [-0.3, -0.25) is 4.57 Å². The maximum Gasteiger partial charge on any atom is 0.143 e. The molecule has 0 spiro atoms. The number of hydrogen-bond donors (Lipinski definition) is 0. The van der Waals surface area contributed by atoms with Crippen LogP contribution in [0.3, 0.4) is 0 Å². The summed E-state index contributed by atoms with van der Waals surface area (Å²) in [6.07, 6.45) is 1.95. The number of rotatable bonds is 2. The minimum atomic E-state index is 0.869. The second-order valence-electron chi connectivity index (χ2n) is 9.97. The van der Waals surface area contributed by atoms with Crippen LogP contribution in [-0.2, 0) is 0 Å². The van der Waals surface area contributed by atoms with Crippen molar-refractivity contribution in [2.24, 2.45) is 0 Å². The fourth-order valence-electron chi connectivity index (χ4n) is 6.17. The highest BCUT2D eigenvalue weighted by Crippen LogP contribution is 2.41. The van der Waals surface area contributed by atoms with Gasteiger partial charge in [0.25, 0.3) is 0 Å². The first-order chi connectivity index (χ1) is 19.3. The molecule has 0 radical (unpaired) electrons. The molecule has 4 heterocycles. The molecule has 0 aliphatic rings. The molecule has 0 unspecified atom stereocenters. The summed E-state index contributed by atoms with van der Waals surface area (Å²) in [5.41, 5.74) is 7.86. The van der Waals surface area contributed by atoms with Crippen LogP contribution in [0.25, 0.3) is 82.6 Å². The van der Waals surface area contributed by atoms with Crippen molar-refractivity contribution >= 4 is 65.7 Å². The molecule has 0 saturated heterocycles. The van der Waals surface area contributed by atoms with Crippen LogP contribution in [-0.4, -0.2) is 9.55 Å². The number of fused-ring (bicyclic) bond motifs is 10. The van der Waals surface area contributed by atoms with Gasteiger partial charge in [0.1, 0.15) is 28.1 Å². The largest absolute Gasteiger partial charge is 0.456 e. The van der Waals surface area contributed by atoms with Crippen molar-refractivity contribution in [2.45, 2.75) is 0 Å². The van der Waals surface area contributed by atoms with Gasteiger partial charge >= 0.3 is 0 Å². The van der Waals surface area contributed by atoms with Crippen LogP contribution in [0.4, 0.5) is 0 Å². The van der Waals surface area contributed by atoms with Gasteiger partial charge in [-0.1, -0.05) is 72.8 Å². The molecule has 4 aromatic heterocycles. The highest BCUT2D eigenvalue weighted by Gasteiger charge is 2.19. The number of furan rings is 2. The lowest BCUT2D eigenvalue weighted by atomic mass is 10.0. The molecule has 182 valence electrons. The molecule has 0 bridgehead atoms. The zero-order valence-corrected chi connectivity index (χ0v) is 20.8. The van der Waals surface area contributed by atoms with E-state index in [1.54, 1.807) is 0 Å². The molecule has 5 aromatic carbocycles. The van der Waals surface area contributed by atoms with E-state index in [2.05, 4.69) is 89.5 Å². The van der Waals surface area contributed by atoms with Gasteiger partial charge in [0.2, 0.25) is 0 Å². The number of para-hydroxylation sites is 4. The monoisotopic (exact) mass is 500 g/mol. The molecule has 0 amide bonds. The molecular formula is C35H20N2O2. The lowest BCUT2D eigenvalue weighted by molar-refractivity contribution is 0.669. The van der Waals surface area contributed by atoms with Crippen LogP contribution in [0, 0.1) is 0 Å². The van der Waals surface area contributed by atoms with Crippen LogP contribution < -0.4 is 0 Å². The van der Waals surface area contributed by atoms with Gasteiger partial charge < -0.3 is 8.83 Å². The van der Waals surface area contributed by atoms with Gasteiger partial charge in [-0.25, -0.2) is 4.98 Å². The third-order valence-corrected chi connectivity index (χ3v) is 7.87. The predicted molar refractivity (Wildman–Crippen MR) is 159 cm³/mol. The molecular weight excluding hydrogens is 480 g/mol. The Balaban J connectivity index is 1.28. The van der Waals surface area contributed by atoms with Crippen LogP contribution in [0.15, 0.2) is 130 Å². The van der Waals surface area contributed by atoms with Crippen LogP contribution in [0.5, 0.6) is 0 Å². The minimum Gasteiger partial charge on any atom is -0.456 e. The van der Waals surface area contributed by atoms with E-state index in [0.717, 1.165) is 71.9 Å². The normalized spacial score (nSPS) is 12.1. The zero-order valence-electron chi connectivity index (χ0n) is 20.8. The van der Waals surface area contributed by atoms with E-state index in [1.165, 1.54) is 10.8 Å². The number of benzene rings is 5. The van der Waals surface area contributed by atoms with E-state index in [1.807, 2.05) is 36.5 Å². The number of pyridine rings is 1. The standard InChI is InChI=1S/C35H20N2O2/c1-4-13-27-25(9-1)33-28(17-18-31-34(33)26-10-3-6-15-30(26)38-31)37(27)32-19-16-21(20-36-32)22-11-7-12-24-23-8-2-5-14-29(23)39-35(22)24/h1-20H. The van der Waals surface area contributed by atoms with Crippen LogP contribution in [0.1, 0.15) is 0 Å². The topological polar surface area (TPSA) is 44.1 Å². The molecule has 39 heavy (non-hydrogen) atoms. The van der Waals surface area contributed by atoms with Crippen LogP contribution in [0.2, 0.25) is 0 Å². The number of aromatic nitrogens is 2. The van der Waals surface area contributed by atoms with Crippen molar-refractivity contribution in [1.29, 1.82) is 0 Å². The van der Waals surface area contributed by atoms with Crippen molar-refractivity contribution in [2.75, 3.05) is 0 Å². The Hall–Kier alpha value is -5.35. The van der Waals surface area contributed by atoms with Gasteiger partial charge in [0.15, 0.2) is 0 Å². The van der Waals surface area contributed by atoms with Gasteiger partial charge in [-0.05, 0) is 42.5 Å². The Bertz CT molecular complexity index is 2390. The summed E-state index contributed by atoms with van der Waals surface area (Å²) in [6, 6.07) is 39.7. The molecule has 0 atom stereocenters. The average Bonchev–Trinajstić information content (AvgIpc) is 3.66. The second kappa shape index (κ2) is 7.59. The first kappa shape index (κ1) is 20.7. The number of hydrogen-bond acceptors (Lipinski definition) is 3. The zero-order chi connectivity index (χ0) is 25.5. The van der Waals surface area contributed by atoms with Gasteiger partial charge in [0.05, 0.1) is 11.0 Å². The van der Waals surface area contributed by atoms with Crippen molar-refractivity contribution in [3.63, 3.8) is 0 Å². The highest BCUT2D eigenvalue weighted by atomic mass is 16.3. The average molecular weight is 501 g/mol. The third-order valence-electron chi connectivity index (χ3n) is 7.87. The van der Waals surface area contributed by atoms with E-state index < -0.39 is 0 Å². The lowest BCUT2D eigenvalue weighted by Crippen LogP contribution is -1.97. The molecule has 0 N–H and O–H groups in total. The summed E-state index contributed by atoms with van der Waals surface area (Å²) < 4.78 is 14.7. The summed E-state index contributed by atoms with van der Waals surface area (Å²) >= 11 is 0. The van der Waals surface area contributed by atoms with E-state index in [9.17, 15) is 0 Å². The molecule has 0 fully saturated rings. The van der Waals surface area contributed by atoms with Crippen LogP contribution >= 0.6 is 0 Å². The van der Waals surface area contributed by atoms with Gasteiger partial charge in [-0.2, -0.15) is 0 Å². The summed E-state index contributed by atoms with van der Waals surface area (Å²) in [7, 11) is 0. The van der Waals surface area contributed by atoms with E-state index in [4.69, 9.17) is 13.8 Å². The smallest absolute Gasteiger partial charge is 0.143 e. The quantitative estimate of drug-likeness (QED) is 0.237. The fraction of sp³-hybridized carbons (Fsp3) is 0. The molecule has 0 saturated carbocycles. The fourth-order valence-corrected chi connectivity index (χ4v) is 6.17. The maximum absolute atomic E-state index is 6.28. The second-order valence-corrected chi connectivity index (χ2v) is 9.97. The van der Waals surface area contributed by atoms with Crippen molar-refractivity contribution in [1.82, 2.24) is 9.55 Å². The minimum absolute atomic E-state index is 0.869. The molecule has 9 aromatic rings. The first-order valence-electron chi connectivity index (χ1n) is 13.1. The summed E-state index contributed by atoms with van der Waals surface area (Å²) in [5, 5.41) is 6.89. The molecule has 4 heteroatoms. The number of nitrogens with zero attached hydrogens (tertiary/aromatic N) is 2. The van der Waals surface area contributed by atoms with Gasteiger partial charge in [-0.15, -0.1) is 0 Å². The lowest BCUT2D eigenvalue weighted by Gasteiger charge is -2.08. The summed E-state index contributed by atoms with van der Waals surface area (Å²) in [6.45, 7) is 0. The van der Waals surface area contributed by atoms with Crippen molar-refractivity contribution in [3.8, 4) is 16.9 Å². The molecule has 0 aliphatic heterocycles. The first-order valence-corrected chi connectivity index (χ1v) is 13.1. The SMILES string of the molecule is c1ccc2c(c1)oc1c(-c3ccc(-n4c5ccccc5c5c6c(ccc54)oc4ccccc46)nc3)cccc12. The van der Waals surface area contributed by atoms with E-state index >= 15 is 0 Å². The maximum atomic E-state index is 6.28. The Labute approximate surface area is 222 Å².